The monoisotopic (exact) mass is 967 g/mol. The van der Waals surface area contributed by atoms with Crippen LogP contribution in [0, 0.1) is 18.1 Å². The molecule has 0 bridgehead atoms. The van der Waals surface area contributed by atoms with E-state index in [9.17, 15) is 0 Å². The molecule has 0 unspecified atom stereocenters. The van der Waals surface area contributed by atoms with Crippen LogP contribution in [0.2, 0.25) is 17.3 Å². The molecule has 0 saturated heterocycles. The van der Waals surface area contributed by atoms with Gasteiger partial charge in [0.05, 0.1) is 5.58 Å². The number of hydrogen-bond donors (Lipinski definition) is 0. The predicted octanol–water partition coefficient (Wildman–Crippen LogP) is 13.6. The Kier molecular flexibility index (Phi) is 13.8. The van der Waals surface area contributed by atoms with E-state index in [1.54, 1.807) is 4.40 Å². The third-order valence-corrected chi connectivity index (χ3v) is 14.7. The molecule has 7 aromatic rings. The molecule has 1 radical (unpaired) electrons. The summed E-state index contributed by atoms with van der Waals surface area (Å²) in [6, 6.07) is 40.8. The van der Waals surface area contributed by atoms with Crippen LogP contribution in [0.15, 0.2) is 114 Å². The van der Waals surface area contributed by atoms with Crippen LogP contribution in [-0.2, 0) is 31.9 Å². The maximum atomic E-state index is 6.38. The van der Waals surface area contributed by atoms with Gasteiger partial charge in [0.2, 0.25) is 0 Å². The molecule has 3 nitrogen and oxygen atoms in total. The molecule has 0 aliphatic carbocycles. The van der Waals surface area contributed by atoms with Gasteiger partial charge in [0.15, 0.2) is 0 Å². The summed E-state index contributed by atoms with van der Waals surface area (Å²) < 4.78 is 7.92. The molecule has 0 fully saturated rings. The van der Waals surface area contributed by atoms with Crippen molar-refractivity contribution in [3.63, 3.8) is 0 Å². The zero-order valence-electron chi connectivity index (χ0n) is 34.3. The minimum absolute atomic E-state index is 0. The Bertz CT molecular complexity index is 2340. The second-order valence-electron chi connectivity index (χ2n) is 17.1. The number of furan rings is 1. The van der Waals surface area contributed by atoms with Gasteiger partial charge in [-0.25, -0.2) is 0 Å². The van der Waals surface area contributed by atoms with Gasteiger partial charge in [-0.15, -0.1) is 18.2 Å². The molecule has 0 amide bonds. The van der Waals surface area contributed by atoms with Crippen molar-refractivity contribution >= 4 is 39.6 Å². The maximum Gasteiger partial charge on any atom is 0.121 e. The molecule has 3 aromatic heterocycles. The van der Waals surface area contributed by atoms with Crippen LogP contribution in [0.5, 0.6) is 0 Å². The molecule has 287 valence electrons. The van der Waals surface area contributed by atoms with Crippen LogP contribution in [0.25, 0.3) is 55.6 Å². The summed E-state index contributed by atoms with van der Waals surface area (Å²) in [6.07, 6.45) is 7.45. The quantitative estimate of drug-likeness (QED) is 0.107. The van der Waals surface area contributed by atoms with Crippen molar-refractivity contribution in [3.05, 3.63) is 138 Å². The molecular formula is C50H56GeIrN2O-2. The van der Waals surface area contributed by atoms with Gasteiger partial charge in [0, 0.05) is 31.7 Å². The second kappa shape index (κ2) is 18.0. The number of rotatable bonds is 9. The van der Waals surface area contributed by atoms with Crippen molar-refractivity contribution in [3.8, 4) is 33.6 Å². The summed E-state index contributed by atoms with van der Waals surface area (Å²) in [4.78, 5) is 9.48. The Morgan fingerprint density at radius 3 is 2.15 bits per heavy atom. The van der Waals surface area contributed by atoms with E-state index < -0.39 is 13.3 Å². The van der Waals surface area contributed by atoms with E-state index in [0.717, 1.165) is 69.3 Å². The zero-order valence-corrected chi connectivity index (χ0v) is 38.8. The fraction of sp³-hybridized carbons (Fsp3) is 0.320. The van der Waals surface area contributed by atoms with Gasteiger partial charge in [-0.1, -0.05) is 78.9 Å². The van der Waals surface area contributed by atoms with Gasteiger partial charge < -0.3 is 9.40 Å². The van der Waals surface area contributed by atoms with E-state index in [1.807, 2.05) is 24.4 Å². The Hall–Kier alpha value is -3.83. The fourth-order valence-electron chi connectivity index (χ4n) is 7.35. The first-order valence-corrected chi connectivity index (χ1v) is 27.0. The molecular weight excluding hydrogens is 909 g/mol. The predicted molar refractivity (Wildman–Crippen MR) is 233 cm³/mol. The SMILES string of the molecule is CC(C)Cc1cc(-c2[c-]ccc(C(C)(C)C)c2)nc[c]1[Ge]([CH3])([CH3])[CH3].CCC(CC)c1ccnc(-c2[c-]ccc3c2oc2cc(-c4ccccc4)ccc23)c1.[Ir]. The van der Waals surface area contributed by atoms with Crippen LogP contribution in [0.1, 0.15) is 83.9 Å². The van der Waals surface area contributed by atoms with Crippen LogP contribution >= 0.6 is 0 Å². The summed E-state index contributed by atoms with van der Waals surface area (Å²) in [5.74, 6) is 8.57. The Labute approximate surface area is 346 Å². The van der Waals surface area contributed by atoms with Crippen LogP contribution in [0.4, 0.5) is 0 Å². The van der Waals surface area contributed by atoms with Crippen molar-refractivity contribution in [2.24, 2.45) is 5.92 Å². The zero-order chi connectivity index (χ0) is 38.6. The van der Waals surface area contributed by atoms with Crippen LogP contribution < -0.4 is 4.40 Å². The molecule has 0 aliphatic heterocycles. The summed E-state index contributed by atoms with van der Waals surface area (Å²) in [5, 5.41) is 2.23. The fourth-order valence-corrected chi connectivity index (χ4v) is 10.7. The van der Waals surface area contributed by atoms with Gasteiger partial charge in [0.25, 0.3) is 0 Å². The second-order valence-corrected chi connectivity index (χ2v) is 27.6. The largest absolute Gasteiger partial charge is 0.501 e. The van der Waals surface area contributed by atoms with E-state index in [0.29, 0.717) is 11.8 Å². The van der Waals surface area contributed by atoms with Gasteiger partial charge in [-0.2, -0.15) is 0 Å². The normalized spacial score (nSPS) is 11.9. The number of hydrogen-bond acceptors (Lipinski definition) is 3. The van der Waals surface area contributed by atoms with Crippen molar-refractivity contribution < 1.29 is 24.5 Å². The van der Waals surface area contributed by atoms with Crippen molar-refractivity contribution in [1.29, 1.82) is 0 Å². The van der Waals surface area contributed by atoms with Gasteiger partial charge in [0.1, 0.15) is 5.58 Å². The van der Waals surface area contributed by atoms with E-state index >= 15 is 0 Å². The first-order valence-electron chi connectivity index (χ1n) is 19.7. The smallest absolute Gasteiger partial charge is 0.121 e. The van der Waals surface area contributed by atoms with Crippen molar-refractivity contribution in [2.75, 3.05) is 0 Å². The Balaban J connectivity index is 0.000000213. The molecule has 7 rings (SSSR count). The molecule has 0 saturated carbocycles. The first kappa shape index (κ1) is 42.3. The number of fused-ring (bicyclic) bond motifs is 3. The van der Waals surface area contributed by atoms with E-state index in [-0.39, 0.29) is 25.5 Å². The van der Waals surface area contributed by atoms with E-state index in [1.165, 1.54) is 22.3 Å². The molecule has 0 spiro atoms. The Morgan fingerprint density at radius 2 is 1.47 bits per heavy atom. The Morgan fingerprint density at radius 1 is 0.745 bits per heavy atom. The van der Waals surface area contributed by atoms with Gasteiger partial charge >= 0.3 is 151 Å². The molecule has 5 heteroatoms. The minimum atomic E-state index is -1.91. The standard InChI is InChI=1S/C28H24NO.C22H32GeN.Ir/c1-3-19(4-2)22-15-16-29-26(17-22)25-12-8-11-24-23-14-13-21(18-27(23)30-28(24)25)20-9-6-5-7-10-20;1-16(2)12-18-14-21(24-15-20(18)23(6,7)8)17-10-9-11-19(13-17)22(3,4)5;/h5-11,13-19H,3-4H2,1-2H3;9,11,13-16H,12H2,1-8H3;/q2*-1;. The molecule has 4 aromatic carbocycles. The number of benzene rings is 4. The van der Waals surface area contributed by atoms with Gasteiger partial charge in [-0.3, -0.25) is 0 Å². The number of pyridine rings is 2. The third kappa shape index (κ3) is 9.95. The van der Waals surface area contributed by atoms with Crippen LogP contribution in [-0.4, -0.2) is 23.2 Å². The van der Waals surface area contributed by atoms with E-state index in [4.69, 9.17) is 9.40 Å². The average molecular weight is 966 g/mol. The van der Waals surface area contributed by atoms with E-state index in [2.05, 4.69) is 168 Å². The summed E-state index contributed by atoms with van der Waals surface area (Å²) >= 11 is -1.91. The maximum absolute atomic E-state index is 6.38. The topological polar surface area (TPSA) is 38.9 Å². The molecule has 3 heterocycles. The third-order valence-electron chi connectivity index (χ3n) is 10.4. The summed E-state index contributed by atoms with van der Waals surface area (Å²) in [7, 11) is 0. The number of aromatic nitrogens is 2. The molecule has 0 aliphatic rings. The molecule has 0 atom stereocenters. The van der Waals surface area contributed by atoms with Gasteiger partial charge in [-0.05, 0) is 47.7 Å². The number of nitrogens with zero attached hydrogens (tertiary/aromatic N) is 2. The molecule has 0 N–H and O–H groups in total. The average Bonchev–Trinajstić information content (AvgIpc) is 3.53. The summed E-state index contributed by atoms with van der Waals surface area (Å²) in [6.45, 7) is 15.8. The summed E-state index contributed by atoms with van der Waals surface area (Å²) in [5.41, 5.74) is 12.4. The van der Waals surface area contributed by atoms with Crippen molar-refractivity contribution in [1.82, 2.24) is 9.97 Å². The molecule has 55 heavy (non-hydrogen) atoms. The van der Waals surface area contributed by atoms with Crippen LogP contribution in [0.3, 0.4) is 0 Å². The van der Waals surface area contributed by atoms with Crippen molar-refractivity contribution in [2.45, 2.75) is 96.3 Å². The first-order chi connectivity index (χ1) is 25.8. The minimum Gasteiger partial charge on any atom is -0.501 e.